The zero-order chi connectivity index (χ0) is 32.3. The van der Waals surface area contributed by atoms with Crippen LogP contribution < -0.4 is 11.1 Å². The third-order valence-corrected chi connectivity index (χ3v) is 11.2. The molecule has 0 saturated carbocycles. The highest BCUT2D eigenvalue weighted by Gasteiger charge is 2.70. The van der Waals surface area contributed by atoms with Gasteiger partial charge in [0.25, 0.3) is 5.53 Å². The summed E-state index contributed by atoms with van der Waals surface area (Å²) in [5.41, 5.74) is 3.64. The highest BCUT2D eigenvalue weighted by atomic mass is 31.2. The minimum atomic E-state index is -3.68. The molecule has 4 heterocycles. The van der Waals surface area contributed by atoms with Crippen molar-refractivity contribution < 1.29 is 38.4 Å². The Hall–Kier alpha value is -1.74. The van der Waals surface area contributed by atoms with E-state index >= 15 is 0 Å². The van der Waals surface area contributed by atoms with Gasteiger partial charge in [-0.15, -0.1) is 0 Å². The number of hydrogen-bond donors (Lipinski definition) is 5. The number of anilines is 1. The smallest absolute Gasteiger partial charge is 0.388 e. The van der Waals surface area contributed by atoms with E-state index in [4.69, 9.17) is 24.3 Å². The first-order valence-corrected chi connectivity index (χ1v) is 17.2. The second-order valence-electron chi connectivity index (χ2n) is 13.2. The number of aliphatic hydroxyl groups is 3. The van der Waals surface area contributed by atoms with Crippen LogP contribution in [0.1, 0.15) is 86.3 Å². The van der Waals surface area contributed by atoms with Crippen LogP contribution in [0, 0.1) is 11.3 Å². The van der Waals surface area contributed by atoms with E-state index in [0.717, 1.165) is 32.3 Å². The van der Waals surface area contributed by atoms with Gasteiger partial charge in [0.15, 0.2) is 23.2 Å². The lowest BCUT2D eigenvalue weighted by atomic mass is 9.84. The molecule has 2 fully saturated rings. The lowest BCUT2D eigenvalue weighted by Crippen LogP contribution is -2.37. The fourth-order valence-electron chi connectivity index (χ4n) is 5.50. The molecule has 250 valence electrons. The van der Waals surface area contributed by atoms with Gasteiger partial charge in [-0.2, -0.15) is 0 Å². The number of hydrogen-bond acceptors (Lipinski definition) is 13. The number of aliphatic hydroxyl groups excluding tert-OH is 2. The molecule has 0 bridgehead atoms. The lowest BCUT2D eigenvalue weighted by Gasteiger charge is -2.29. The van der Waals surface area contributed by atoms with Gasteiger partial charge in [0.2, 0.25) is 0 Å². The minimum Gasteiger partial charge on any atom is -0.388 e. The predicted molar refractivity (Wildman–Crippen MR) is 165 cm³/mol. The van der Waals surface area contributed by atoms with Crippen LogP contribution in [-0.2, 0) is 23.1 Å². The molecular weight excluding hydrogens is 591 g/mol. The molecule has 2 aromatic rings. The Labute approximate surface area is 259 Å². The van der Waals surface area contributed by atoms with E-state index in [1.807, 2.05) is 0 Å². The molecule has 2 aliphatic heterocycles. The van der Waals surface area contributed by atoms with Gasteiger partial charge < -0.3 is 35.8 Å². The van der Waals surface area contributed by atoms with Crippen molar-refractivity contribution in [1.82, 2.24) is 19.5 Å². The molecule has 14 nitrogen and oxygen atoms in total. The van der Waals surface area contributed by atoms with Crippen LogP contribution in [-0.4, -0.2) is 90.6 Å². The maximum Gasteiger partial charge on any atom is 0.393 e. The molecule has 2 aliphatic rings. The number of nitrogens with two attached hydrogens (primary N) is 1. The number of ether oxygens (including phenoxy) is 2. The maximum absolute atomic E-state index is 12.7. The SMILES string of the molecule is CCC(C)(CCOCC(C)CCCN)CNc1ncnc2c1ncn2C1OC(CC(C)(C)OP2(=O)OC2(O)CC)C(O)C1O. The fraction of sp³-hybridized carbons (Fsp3) is 0.828. The summed E-state index contributed by atoms with van der Waals surface area (Å²) in [7, 11) is -3.68. The Balaban J connectivity index is 1.38. The van der Waals surface area contributed by atoms with Crippen molar-refractivity contribution in [2.45, 2.75) is 116 Å². The fourth-order valence-corrected chi connectivity index (χ4v) is 7.47. The van der Waals surface area contributed by atoms with Gasteiger partial charge in [0.1, 0.15) is 18.5 Å². The highest BCUT2D eigenvalue weighted by Crippen LogP contribution is 2.79. The molecule has 44 heavy (non-hydrogen) atoms. The van der Waals surface area contributed by atoms with Crippen LogP contribution in [0.3, 0.4) is 0 Å². The maximum atomic E-state index is 12.7. The van der Waals surface area contributed by atoms with Crippen molar-refractivity contribution >= 4 is 24.6 Å². The lowest BCUT2D eigenvalue weighted by molar-refractivity contribution is -0.0586. The minimum absolute atomic E-state index is 0.0411. The Kier molecular flexibility index (Phi) is 11.1. The largest absolute Gasteiger partial charge is 0.393 e. The molecule has 0 aliphatic carbocycles. The van der Waals surface area contributed by atoms with E-state index in [9.17, 15) is 19.9 Å². The summed E-state index contributed by atoms with van der Waals surface area (Å²) in [5.74, 6) is 1.04. The average Bonchev–Trinajstić information content (AvgIpc) is 3.22. The summed E-state index contributed by atoms with van der Waals surface area (Å²) in [6.45, 7) is 14.3. The average molecular weight is 643 g/mol. The van der Waals surface area contributed by atoms with Crippen molar-refractivity contribution in [3.8, 4) is 0 Å². The normalized spacial score (nSPS) is 30.9. The van der Waals surface area contributed by atoms with Crippen molar-refractivity contribution in [3.05, 3.63) is 12.7 Å². The van der Waals surface area contributed by atoms with E-state index < -0.39 is 43.3 Å². The van der Waals surface area contributed by atoms with Gasteiger partial charge in [-0.25, -0.2) is 15.0 Å². The summed E-state index contributed by atoms with van der Waals surface area (Å²) >= 11 is 0. The zero-order valence-corrected chi connectivity index (χ0v) is 27.7. The van der Waals surface area contributed by atoms with E-state index in [1.54, 1.807) is 25.3 Å². The van der Waals surface area contributed by atoms with Crippen molar-refractivity contribution in [2.24, 2.45) is 17.1 Å². The highest BCUT2D eigenvalue weighted by molar-refractivity contribution is 7.61. The van der Waals surface area contributed by atoms with E-state index in [0.29, 0.717) is 42.6 Å². The Morgan fingerprint density at radius 1 is 1.23 bits per heavy atom. The van der Waals surface area contributed by atoms with Crippen molar-refractivity contribution in [3.63, 3.8) is 0 Å². The van der Waals surface area contributed by atoms with Crippen LogP contribution in [0.2, 0.25) is 0 Å². The molecule has 6 N–H and O–H groups in total. The van der Waals surface area contributed by atoms with Gasteiger partial charge in [-0.05, 0) is 57.4 Å². The second-order valence-corrected chi connectivity index (χ2v) is 15.3. The molecule has 4 rings (SSSR count). The van der Waals surface area contributed by atoms with E-state index in [2.05, 4.69) is 41.0 Å². The first kappa shape index (κ1) is 35.1. The monoisotopic (exact) mass is 642 g/mol. The van der Waals surface area contributed by atoms with Gasteiger partial charge in [-0.1, -0.05) is 27.7 Å². The van der Waals surface area contributed by atoms with E-state index in [-0.39, 0.29) is 18.3 Å². The number of imidazole rings is 1. The zero-order valence-electron chi connectivity index (χ0n) is 26.8. The molecule has 0 spiro atoms. The Bertz CT molecular complexity index is 1300. The Morgan fingerprint density at radius 2 is 1.98 bits per heavy atom. The Morgan fingerprint density at radius 3 is 2.64 bits per heavy atom. The molecular formula is C29H51N6O8P. The summed E-state index contributed by atoms with van der Waals surface area (Å²) < 4.78 is 37.1. The van der Waals surface area contributed by atoms with Gasteiger partial charge in [0, 0.05) is 32.6 Å². The molecule has 0 aromatic carbocycles. The third-order valence-electron chi connectivity index (χ3n) is 8.84. The third kappa shape index (κ3) is 7.79. The number of nitrogens with zero attached hydrogens (tertiary/aromatic N) is 4. The number of fused-ring (bicyclic) bond motifs is 1. The molecule has 0 radical (unpaired) electrons. The number of aromatic nitrogens is 4. The van der Waals surface area contributed by atoms with Crippen molar-refractivity contribution in [2.75, 3.05) is 31.6 Å². The van der Waals surface area contributed by atoms with Crippen LogP contribution in [0.4, 0.5) is 5.82 Å². The van der Waals surface area contributed by atoms with Crippen LogP contribution in [0.25, 0.3) is 11.2 Å². The van der Waals surface area contributed by atoms with Gasteiger partial charge in [-0.3, -0.25) is 18.2 Å². The van der Waals surface area contributed by atoms with Crippen LogP contribution in [0.5, 0.6) is 0 Å². The second kappa shape index (κ2) is 13.9. The topological polar surface area (TPSA) is 200 Å². The molecule has 15 heteroatoms. The van der Waals surface area contributed by atoms with Crippen LogP contribution in [0.15, 0.2) is 12.7 Å². The molecule has 2 aromatic heterocycles. The van der Waals surface area contributed by atoms with Gasteiger partial charge in [0.05, 0.1) is 18.0 Å². The van der Waals surface area contributed by atoms with Gasteiger partial charge >= 0.3 is 7.60 Å². The first-order valence-electron chi connectivity index (χ1n) is 15.6. The molecule has 8 unspecified atom stereocenters. The summed E-state index contributed by atoms with van der Waals surface area (Å²) in [6, 6.07) is 0. The van der Waals surface area contributed by atoms with E-state index in [1.165, 1.54) is 12.7 Å². The molecule has 2 saturated heterocycles. The summed E-state index contributed by atoms with van der Waals surface area (Å²) in [6.07, 6.45) is 2.63. The number of rotatable bonds is 18. The standard InChI is InChI=1S/C29H51N6O8P/c1-7-28(6,11-13-40-15-19(3)10-9-12-30)16-31-24-21-25(33-17-32-24)35(18-34-21)26-23(37)22(36)20(41-26)14-27(4,5)42-44(39)29(38,8-2)43-44/h17-20,22-23,26,36-38H,7-16,30H2,1-6H3,(H,31,32,33). The number of nitrogens with one attached hydrogen (secondary N) is 1. The quantitative estimate of drug-likeness (QED) is 0.0900. The van der Waals surface area contributed by atoms with Crippen LogP contribution >= 0.6 is 7.60 Å². The first-order chi connectivity index (χ1) is 20.7. The molecule has 0 amide bonds. The van der Waals surface area contributed by atoms with Crippen molar-refractivity contribution in [1.29, 1.82) is 0 Å². The predicted octanol–water partition coefficient (Wildman–Crippen LogP) is 3.52. The molecule has 8 atom stereocenters. The summed E-state index contributed by atoms with van der Waals surface area (Å²) in [4.78, 5) is 13.3. The summed E-state index contributed by atoms with van der Waals surface area (Å²) in [5, 5.41) is 35.4.